The van der Waals surface area contributed by atoms with Crippen molar-refractivity contribution in [3.63, 3.8) is 0 Å². The van der Waals surface area contributed by atoms with Gasteiger partial charge in [0.05, 0.1) is 31.0 Å². The van der Waals surface area contributed by atoms with E-state index >= 15 is 0 Å². The first-order valence-corrected chi connectivity index (χ1v) is 4.69. The van der Waals surface area contributed by atoms with Gasteiger partial charge in [-0.15, -0.1) is 0 Å². The Morgan fingerprint density at radius 1 is 1.43 bits per heavy atom. The van der Waals surface area contributed by atoms with E-state index in [9.17, 15) is 0 Å². The molecule has 2 N–H and O–H groups in total. The molecule has 0 spiro atoms. The molecule has 1 aromatic heterocycles. The Hall–Kier alpha value is -1.55. The van der Waals surface area contributed by atoms with Crippen LogP contribution in [0.4, 0.5) is 5.69 Å². The first-order valence-electron chi connectivity index (χ1n) is 4.69. The van der Waals surface area contributed by atoms with E-state index in [4.69, 9.17) is 4.74 Å². The number of anilines is 1. The Balaban J connectivity index is 1.88. The summed E-state index contributed by atoms with van der Waals surface area (Å²) in [7, 11) is 0. The Morgan fingerprint density at radius 2 is 2.36 bits per heavy atom. The lowest BCUT2D eigenvalue weighted by Crippen LogP contribution is -2.40. The summed E-state index contributed by atoms with van der Waals surface area (Å²) in [6.07, 6.45) is 1.83. The third kappa shape index (κ3) is 1.24. The molecule has 1 aliphatic heterocycles. The molecule has 0 amide bonds. The number of hydrogen-bond donors (Lipinski definition) is 2. The normalized spacial score (nSPS) is 16.9. The number of fused-ring (bicyclic) bond motifs is 1. The van der Waals surface area contributed by atoms with Crippen molar-refractivity contribution in [2.24, 2.45) is 0 Å². The minimum Gasteiger partial charge on any atom is -0.378 e. The molecule has 0 aliphatic carbocycles. The number of benzene rings is 1. The van der Waals surface area contributed by atoms with Crippen LogP contribution in [-0.4, -0.2) is 29.5 Å². The van der Waals surface area contributed by atoms with E-state index in [0.29, 0.717) is 6.04 Å². The van der Waals surface area contributed by atoms with Crippen LogP contribution in [-0.2, 0) is 4.74 Å². The first-order chi connectivity index (χ1) is 6.92. The maximum absolute atomic E-state index is 5.10. The number of H-pyrrole nitrogens is 1. The Labute approximate surface area is 81.3 Å². The van der Waals surface area contributed by atoms with Crippen molar-refractivity contribution < 1.29 is 4.74 Å². The molecule has 1 fully saturated rings. The van der Waals surface area contributed by atoms with Gasteiger partial charge in [-0.1, -0.05) is 0 Å². The van der Waals surface area contributed by atoms with Gasteiger partial charge in [0.15, 0.2) is 0 Å². The summed E-state index contributed by atoms with van der Waals surface area (Å²) < 4.78 is 5.10. The summed E-state index contributed by atoms with van der Waals surface area (Å²) in [5.41, 5.74) is 2.20. The number of nitrogens with zero attached hydrogens (tertiary/aromatic N) is 1. The van der Waals surface area contributed by atoms with Crippen LogP contribution in [0.15, 0.2) is 24.4 Å². The third-order valence-electron chi connectivity index (χ3n) is 2.45. The monoisotopic (exact) mass is 189 g/mol. The summed E-state index contributed by atoms with van der Waals surface area (Å²) in [6, 6.07) is 6.65. The molecule has 3 rings (SSSR count). The molecule has 14 heavy (non-hydrogen) atoms. The lowest BCUT2D eigenvalue weighted by atomic mass is 10.2. The average Bonchev–Trinajstić information content (AvgIpc) is 2.58. The lowest BCUT2D eigenvalue weighted by Gasteiger charge is -2.27. The maximum Gasteiger partial charge on any atom is 0.0728 e. The standard InChI is InChI=1S/C10H11N3O/c1-2-10-7(4-11-13-10)3-8(1)12-9-5-14-6-9/h1-4,9,12H,5-6H2,(H,11,13). The van der Waals surface area contributed by atoms with Crippen molar-refractivity contribution in [3.05, 3.63) is 24.4 Å². The molecule has 1 aliphatic rings. The molecule has 2 aromatic rings. The molecule has 4 heteroatoms. The largest absolute Gasteiger partial charge is 0.378 e. The van der Waals surface area contributed by atoms with Crippen LogP contribution in [0.25, 0.3) is 10.9 Å². The molecule has 0 saturated carbocycles. The molecular weight excluding hydrogens is 178 g/mol. The van der Waals surface area contributed by atoms with Gasteiger partial charge in [-0.05, 0) is 18.2 Å². The molecule has 0 bridgehead atoms. The fraction of sp³-hybridized carbons (Fsp3) is 0.300. The number of rotatable bonds is 2. The van der Waals surface area contributed by atoms with E-state index in [2.05, 4.69) is 27.6 Å². The zero-order valence-corrected chi connectivity index (χ0v) is 7.66. The summed E-state index contributed by atoms with van der Waals surface area (Å²) in [4.78, 5) is 0. The highest BCUT2D eigenvalue weighted by molar-refractivity contribution is 5.81. The van der Waals surface area contributed by atoms with E-state index < -0.39 is 0 Å². The number of aromatic nitrogens is 2. The molecular formula is C10H11N3O. The van der Waals surface area contributed by atoms with Crippen LogP contribution in [0, 0.1) is 0 Å². The molecule has 1 saturated heterocycles. The highest BCUT2D eigenvalue weighted by atomic mass is 16.5. The Morgan fingerprint density at radius 3 is 3.14 bits per heavy atom. The second-order valence-electron chi connectivity index (χ2n) is 3.55. The van der Waals surface area contributed by atoms with Crippen molar-refractivity contribution in [1.29, 1.82) is 0 Å². The molecule has 72 valence electrons. The fourth-order valence-electron chi connectivity index (χ4n) is 1.59. The van der Waals surface area contributed by atoms with Crippen molar-refractivity contribution in [3.8, 4) is 0 Å². The zero-order valence-electron chi connectivity index (χ0n) is 7.66. The Bertz CT molecular complexity index is 447. The van der Waals surface area contributed by atoms with E-state index in [1.807, 2.05) is 12.3 Å². The SMILES string of the molecule is c1cc2[nH]ncc2cc1NC1COC1. The second-order valence-corrected chi connectivity index (χ2v) is 3.55. The van der Waals surface area contributed by atoms with Gasteiger partial charge in [0.25, 0.3) is 0 Å². The molecule has 0 radical (unpaired) electrons. The number of hydrogen-bond acceptors (Lipinski definition) is 3. The maximum atomic E-state index is 5.10. The van der Waals surface area contributed by atoms with Gasteiger partial charge in [0.2, 0.25) is 0 Å². The van der Waals surface area contributed by atoms with Crippen LogP contribution in [0.1, 0.15) is 0 Å². The average molecular weight is 189 g/mol. The highest BCUT2D eigenvalue weighted by Crippen LogP contribution is 2.18. The molecule has 0 atom stereocenters. The van der Waals surface area contributed by atoms with Crippen LogP contribution in [0.2, 0.25) is 0 Å². The third-order valence-corrected chi connectivity index (χ3v) is 2.45. The number of nitrogens with one attached hydrogen (secondary N) is 2. The van der Waals surface area contributed by atoms with Gasteiger partial charge in [0.1, 0.15) is 0 Å². The van der Waals surface area contributed by atoms with E-state index in [-0.39, 0.29) is 0 Å². The van der Waals surface area contributed by atoms with Crippen molar-refractivity contribution in [2.75, 3.05) is 18.5 Å². The number of aromatic amines is 1. The first kappa shape index (κ1) is 7.82. The molecule has 2 heterocycles. The summed E-state index contributed by atoms with van der Waals surface area (Å²) in [5.74, 6) is 0. The predicted octanol–water partition coefficient (Wildman–Crippen LogP) is 1.37. The summed E-state index contributed by atoms with van der Waals surface area (Å²) >= 11 is 0. The lowest BCUT2D eigenvalue weighted by molar-refractivity contribution is 0.0211. The molecule has 4 nitrogen and oxygen atoms in total. The zero-order chi connectivity index (χ0) is 9.38. The minimum atomic E-state index is 0.472. The van der Waals surface area contributed by atoms with Crippen molar-refractivity contribution in [2.45, 2.75) is 6.04 Å². The van der Waals surface area contributed by atoms with Gasteiger partial charge >= 0.3 is 0 Å². The van der Waals surface area contributed by atoms with Crippen molar-refractivity contribution >= 4 is 16.6 Å². The highest BCUT2D eigenvalue weighted by Gasteiger charge is 2.17. The van der Waals surface area contributed by atoms with Gasteiger partial charge < -0.3 is 10.1 Å². The molecule has 0 unspecified atom stereocenters. The fourth-order valence-corrected chi connectivity index (χ4v) is 1.59. The predicted molar refractivity (Wildman–Crippen MR) is 54.3 cm³/mol. The summed E-state index contributed by atoms with van der Waals surface area (Å²) in [5, 5.41) is 11.4. The number of ether oxygens (including phenoxy) is 1. The van der Waals surface area contributed by atoms with Crippen molar-refractivity contribution in [1.82, 2.24) is 10.2 Å². The van der Waals surface area contributed by atoms with Crippen LogP contribution >= 0.6 is 0 Å². The van der Waals surface area contributed by atoms with E-state index in [0.717, 1.165) is 29.8 Å². The van der Waals surface area contributed by atoms with Gasteiger partial charge in [-0.2, -0.15) is 5.10 Å². The smallest absolute Gasteiger partial charge is 0.0728 e. The quantitative estimate of drug-likeness (QED) is 0.750. The second kappa shape index (κ2) is 2.99. The summed E-state index contributed by atoms with van der Waals surface area (Å²) in [6.45, 7) is 1.62. The van der Waals surface area contributed by atoms with Crippen LogP contribution in [0.3, 0.4) is 0 Å². The van der Waals surface area contributed by atoms with Gasteiger partial charge in [-0.25, -0.2) is 0 Å². The van der Waals surface area contributed by atoms with Crippen LogP contribution < -0.4 is 5.32 Å². The van der Waals surface area contributed by atoms with Gasteiger partial charge in [0, 0.05) is 11.1 Å². The van der Waals surface area contributed by atoms with Crippen LogP contribution in [0.5, 0.6) is 0 Å². The molecule has 1 aromatic carbocycles. The topological polar surface area (TPSA) is 49.9 Å². The van der Waals surface area contributed by atoms with E-state index in [1.54, 1.807) is 0 Å². The van der Waals surface area contributed by atoms with Gasteiger partial charge in [-0.3, -0.25) is 5.10 Å². The minimum absolute atomic E-state index is 0.472. The Kier molecular flexibility index (Phi) is 1.67. The van der Waals surface area contributed by atoms with E-state index in [1.165, 1.54) is 0 Å².